The fourth-order valence-electron chi connectivity index (χ4n) is 10.4. The lowest BCUT2D eigenvalue weighted by Gasteiger charge is -2.33. The van der Waals surface area contributed by atoms with E-state index >= 15 is 0 Å². The molecule has 0 saturated carbocycles. The fourth-order valence-corrected chi connectivity index (χ4v) is 11.5. The van der Waals surface area contributed by atoms with Gasteiger partial charge in [-0.2, -0.15) is 21.8 Å². The lowest BCUT2D eigenvalue weighted by atomic mass is 9.78. The molecular weight excluding hydrogens is 875 g/mol. The van der Waals surface area contributed by atoms with E-state index in [1.165, 1.54) is 11.1 Å². The molecule has 0 fully saturated rings. The highest BCUT2D eigenvalue weighted by Crippen LogP contribution is 2.51. The zero-order chi connectivity index (χ0) is 46.1. The number of isothiocyanates is 1. The normalized spacial score (nSPS) is 20.0. The van der Waals surface area contributed by atoms with E-state index < -0.39 is 20.2 Å². The highest BCUT2D eigenvalue weighted by atomic mass is 32.2. The van der Waals surface area contributed by atoms with E-state index in [-0.39, 0.29) is 47.3 Å². The molecule has 13 heteroatoms. The Bertz CT molecular complexity index is 3040. The molecular formula is C52H55N3O7S3. The van der Waals surface area contributed by atoms with E-state index in [1.807, 2.05) is 48.5 Å². The minimum absolute atomic E-state index is 0.124. The van der Waals surface area contributed by atoms with E-state index in [2.05, 4.69) is 127 Å². The Balaban J connectivity index is 1.18. The second-order valence-corrected chi connectivity index (χ2v) is 21.6. The summed E-state index contributed by atoms with van der Waals surface area (Å²) in [5.74, 6) is 0.745. The summed E-state index contributed by atoms with van der Waals surface area (Å²) in [5, 5.41) is 7.01. The number of benzene rings is 5. The molecule has 0 radical (unpaired) electrons. The minimum Gasteiger partial charge on any atom is -0.457 e. The second-order valence-electron chi connectivity index (χ2n) is 18.3. The molecule has 2 aliphatic heterocycles. The molecule has 0 saturated heterocycles. The number of ether oxygens (including phenoxy) is 1. The largest absolute Gasteiger partial charge is 0.457 e. The maximum atomic E-state index is 11.9. The first-order valence-corrected chi connectivity index (χ1v) is 25.7. The van der Waals surface area contributed by atoms with Gasteiger partial charge in [0, 0.05) is 35.3 Å². The zero-order valence-corrected chi connectivity index (χ0v) is 39.6. The lowest BCUT2D eigenvalue weighted by molar-refractivity contribution is 0.415. The Morgan fingerprint density at radius 1 is 0.723 bits per heavy atom. The third-order valence-electron chi connectivity index (χ3n) is 13.3. The molecule has 2 unspecified atom stereocenters. The van der Waals surface area contributed by atoms with Gasteiger partial charge in [0.25, 0.3) is 20.2 Å². The van der Waals surface area contributed by atoms with Gasteiger partial charge in [-0.25, -0.2) is 0 Å². The molecule has 0 aromatic heterocycles. The highest BCUT2D eigenvalue weighted by molar-refractivity contribution is 7.86. The minimum atomic E-state index is -4.14. The predicted octanol–water partition coefficient (Wildman–Crippen LogP) is 11.5. The number of rotatable bonds is 15. The Labute approximate surface area is 388 Å². The van der Waals surface area contributed by atoms with Gasteiger partial charge in [0.2, 0.25) is 0 Å². The summed E-state index contributed by atoms with van der Waals surface area (Å²) in [6, 6.07) is 32.3. The van der Waals surface area contributed by atoms with Gasteiger partial charge in [-0.3, -0.25) is 9.11 Å². The first-order chi connectivity index (χ1) is 31.0. The summed E-state index contributed by atoms with van der Waals surface area (Å²) in [6.07, 6.45) is 13.8. The summed E-state index contributed by atoms with van der Waals surface area (Å²) in [5.41, 5.74) is 6.51. The summed E-state index contributed by atoms with van der Waals surface area (Å²) < 4.78 is 73.4. The van der Waals surface area contributed by atoms with Gasteiger partial charge in [-0.1, -0.05) is 119 Å². The topological polar surface area (TPSA) is 137 Å². The molecule has 0 amide bonds. The molecule has 2 heterocycles. The molecule has 5 aromatic carbocycles. The monoisotopic (exact) mass is 929 g/mol. The van der Waals surface area contributed by atoms with Crippen LogP contribution in [0.4, 0.5) is 17.1 Å². The van der Waals surface area contributed by atoms with Crippen LogP contribution in [-0.2, 0) is 31.1 Å². The maximum Gasteiger partial charge on any atom is 0.264 e. The van der Waals surface area contributed by atoms with Gasteiger partial charge in [0.1, 0.15) is 11.5 Å². The number of aliphatic imine (C=N–C) groups is 1. The molecule has 2 N–H and O–H groups in total. The number of anilines is 2. The van der Waals surface area contributed by atoms with Gasteiger partial charge in [-0.15, -0.1) is 0 Å². The molecule has 8 rings (SSSR count). The van der Waals surface area contributed by atoms with Crippen molar-refractivity contribution in [3.05, 3.63) is 155 Å². The SMILES string of the molecule is CC1(C)c2c(ccc3ccccc23)N(CCCS(=O)(=O)O)C1/C=C/C=C1\CCCC(/C=C/C2N(CCCS(=O)(=O)O)c3ccc4ccccc4c3C2(C)C)=C1Oc1ccc(N=C=S)cc1. The van der Waals surface area contributed by atoms with Crippen molar-refractivity contribution in [1.82, 2.24) is 0 Å². The second kappa shape index (κ2) is 18.5. The van der Waals surface area contributed by atoms with Crippen LogP contribution < -0.4 is 14.5 Å². The van der Waals surface area contributed by atoms with E-state index in [1.54, 1.807) is 0 Å². The third kappa shape index (κ3) is 9.77. The number of allylic oxidation sites excluding steroid dienone is 5. The van der Waals surface area contributed by atoms with Gasteiger partial charge >= 0.3 is 0 Å². The van der Waals surface area contributed by atoms with E-state index in [9.17, 15) is 25.9 Å². The van der Waals surface area contributed by atoms with E-state index in [0.29, 0.717) is 24.5 Å². The lowest BCUT2D eigenvalue weighted by Crippen LogP contribution is -2.41. The zero-order valence-electron chi connectivity index (χ0n) is 37.1. The van der Waals surface area contributed by atoms with Crippen LogP contribution in [0.15, 0.2) is 149 Å². The first-order valence-electron chi connectivity index (χ1n) is 22.1. The molecule has 0 bridgehead atoms. The first kappa shape index (κ1) is 46.1. The smallest absolute Gasteiger partial charge is 0.264 e. The molecule has 2 atom stereocenters. The number of hydrogen-bond acceptors (Lipinski definition) is 9. The Morgan fingerprint density at radius 3 is 1.77 bits per heavy atom. The molecule has 65 heavy (non-hydrogen) atoms. The van der Waals surface area contributed by atoms with Crippen LogP contribution in [0.3, 0.4) is 0 Å². The van der Waals surface area contributed by atoms with Gasteiger partial charge in [-0.05, 0) is 125 Å². The summed E-state index contributed by atoms with van der Waals surface area (Å²) in [4.78, 5) is 8.65. The van der Waals surface area contributed by atoms with Crippen molar-refractivity contribution in [3.63, 3.8) is 0 Å². The quantitative estimate of drug-likeness (QED) is 0.0593. The average molecular weight is 930 g/mol. The molecule has 5 aromatic rings. The van der Waals surface area contributed by atoms with Gasteiger partial charge in [0.05, 0.1) is 34.4 Å². The molecule has 338 valence electrons. The number of hydrogen-bond donors (Lipinski definition) is 2. The van der Waals surface area contributed by atoms with Crippen molar-refractivity contribution >= 4 is 76.2 Å². The summed E-state index contributed by atoms with van der Waals surface area (Å²) >= 11 is 4.84. The highest BCUT2D eigenvalue weighted by Gasteiger charge is 2.45. The van der Waals surface area contributed by atoms with E-state index in [0.717, 1.165) is 69.1 Å². The van der Waals surface area contributed by atoms with Crippen molar-refractivity contribution in [2.45, 2.75) is 82.7 Å². The number of thiocarbonyl (C=S) groups is 1. The summed E-state index contributed by atoms with van der Waals surface area (Å²) in [7, 11) is -8.26. The maximum absolute atomic E-state index is 11.9. The van der Waals surface area contributed by atoms with Crippen LogP contribution in [0, 0.1) is 0 Å². The average Bonchev–Trinajstić information content (AvgIpc) is 3.61. The van der Waals surface area contributed by atoms with Crippen LogP contribution >= 0.6 is 12.2 Å². The van der Waals surface area contributed by atoms with Crippen molar-refractivity contribution in [1.29, 1.82) is 0 Å². The Kier molecular flexibility index (Phi) is 13.1. The Hall–Kier alpha value is -5.40. The molecule has 3 aliphatic rings. The van der Waals surface area contributed by atoms with Crippen LogP contribution in [0.1, 0.15) is 70.9 Å². The van der Waals surface area contributed by atoms with E-state index in [4.69, 9.17) is 17.0 Å². The van der Waals surface area contributed by atoms with Crippen molar-refractivity contribution in [3.8, 4) is 5.75 Å². The van der Waals surface area contributed by atoms with Gasteiger partial charge < -0.3 is 14.5 Å². The molecule has 10 nitrogen and oxygen atoms in total. The van der Waals surface area contributed by atoms with Gasteiger partial charge in [0.15, 0.2) is 0 Å². The van der Waals surface area contributed by atoms with Crippen molar-refractivity contribution in [2.24, 2.45) is 4.99 Å². The molecule has 0 spiro atoms. The fraction of sp³-hybridized carbons (Fsp3) is 0.327. The number of nitrogens with zero attached hydrogens (tertiary/aromatic N) is 3. The summed E-state index contributed by atoms with van der Waals surface area (Å²) in [6.45, 7) is 9.81. The van der Waals surface area contributed by atoms with Crippen LogP contribution in [0.5, 0.6) is 5.75 Å². The van der Waals surface area contributed by atoms with Crippen LogP contribution in [0.2, 0.25) is 0 Å². The third-order valence-corrected chi connectivity index (χ3v) is 15.0. The van der Waals surface area contributed by atoms with Crippen molar-refractivity contribution in [2.75, 3.05) is 34.4 Å². The standard InChI is InChI=1S/C52H55N3O7S3/c1-51(2)46(54(31-11-33-64(56,57)58)44-28-21-36-13-5-7-18-42(36)48(44)51)20-10-17-38-15-9-16-39(50(38)62-41-26-24-40(25-27-41)53-35-63)23-30-47-52(3,4)49-43-19-8-6-14-37(43)22-29-45(49)55(47)32-12-34-65(59,60)61/h5-8,10,13-14,17-30,46-47H,9,11-12,15-16,31-34H2,1-4H3,(H,56,57,58)(H,59,60,61)/b20-10+,30-23+,38-17+. The van der Waals surface area contributed by atoms with Crippen LogP contribution in [0.25, 0.3) is 21.5 Å². The number of fused-ring (bicyclic) bond motifs is 6. The molecule has 1 aliphatic carbocycles. The van der Waals surface area contributed by atoms with Crippen molar-refractivity contribution < 1.29 is 30.7 Å². The Morgan fingerprint density at radius 2 is 1.25 bits per heavy atom. The predicted molar refractivity (Wildman–Crippen MR) is 267 cm³/mol. The van der Waals surface area contributed by atoms with Crippen LogP contribution in [-0.4, -0.2) is 67.8 Å².